The van der Waals surface area contributed by atoms with Crippen LogP contribution in [0.4, 0.5) is 5.69 Å². The fraction of sp³-hybridized carbons (Fsp3) is 0.571. The van der Waals surface area contributed by atoms with Crippen molar-refractivity contribution >= 4 is 5.69 Å². The monoisotopic (exact) mass is 236 g/mol. The summed E-state index contributed by atoms with van der Waals surface area (Å²) >= 11 is 0. The van der Waals surface area contributed by atoms with Gasteiger partial charge in [0, 0.05) is 32.4 Å². The third kappa shape index (κ3) is 4.75. The quantitative estimate of drug-likeness (QED) is 0.680. The van der Waals surface area contributed by atoms with Crippen LogP contribution in [0.3, 0.4) is 0 Å². The van der Waals surface area contributed by atoms with E-state index in [2.05, 4.69) is 42.7 Å². The Morgan fingerprint density at radius 3 is 2.59 bits per heavy atom. The zero-order valence-electron chi connectivity index (χ0n) is 11.1. The second-order valence-electron chi connectivity index (χ2n) is 5.15. The number of aliphatic hydroxyl groups excluding tert-OH is 1. The number of hydrogen-bond acceptors (Lipinski definition) is 3. The van der Waals surface area contributed by atoms with Crippen molar-refractivity contribution in [2.24, 2.45) is 5.41 Å². The zero-order valence-corrected chi connectivity index (χ0v) is 11.1. The number of benzene rings is 1. The maximum Gasteiger partial charge on any atom is 0.0436 e. The molecule has 0 amide bonds. The third-order valence-corrected chi connectivity index (χ3v) is 2.99. The Balaban J connectivity index is 2.45. The van der Waals surface area contributed by atoms with Gasteiger partial charge in [0.15, 0.2) is 0 Å². The maximum atomic E-state index is 8.96. The van der Waals surface area contributed by atoms with E-state index in [-0.39, 0.29) is 12.0 Å². The first-order valence-electron chi connectivity index (χ1n) is 6.16. The molecule has 1 aromatic rings. The maximum absolute atomic E-state index is 8.96. The molecule has 0 atom stereocenters. The van der Waals surface area contributed by atoms with Crippen molar-refractivity contribution in [2.45, 2.75) is 26.8 Å². The van der Waals surface area contributed by atoms with Crippen molar-refractivity contribution in [2.75, 3.05) is 25.5 Å². The minimum absolute atomic E-state index is 0.142. The van der Waals surface area contributed by atoms with E-state index in [9.17, 15) is 0 Å². The summed E-state index contributed by atoms with van der Waals surface area (Å²) < 4.78 is 0. The molecule has 3 heteroatoms. The predicted octanol–water partition coefficient (Wildman–Crippen LogP) is 2.23. The van der Waals surface area contributed by atoms with E-state index in [0.29, 0.717) is 0 Å². The van der Waals surface area contributed by atoms with Gasteiger partial charge >= 0.3 is 0 Å². The lowest BCUT2D eigenvalue weighted by Gasteiger charge is -2.24. The summed E-state index contributed by atoms with van der Waals surface area (Å²) in [4.78, 5) is 0. The number of aliphatic hydroxyl groups is 1. The van der Waals surface area contributed by atoms with Crippen molar-refractivity contribution in [1.82, 2.24) is 5.32 Å². The van der Waals surface area contributed by atoms with Gasteiger partial charge in [-0.2, -0.15) is 0 Å². The molecule has 0 saturated heterocycles. The number of rotatable bonds is 7. The summed E-state index contributed by atoms with van der Waals surface area (Å²) in [5.74, 6) is 0. The van der Waals surface area contributed by atoms with Crippen molar-refractivity contribution in [3.63, 3.8) is 0 Å². The molecule has 3 N–H and O–H groups in total. The summed E-state index contributed by atoms with van der Waals surface area (Å²) in [5, 5.41) is 15.6. The normalized spacial score (nSPS) is 11.5. The van der Waals surface area contributed by atoms with Gasteiger partial charge in [0.25, 0.3) is 0 Å². The van der Waals surface area contributed by atoms with Gasteiger partial charge in [-0.05, 0) is 23.5 Å². The Hall–Kier alpha value is -1.06. The van der Waals surface area contributed by atoms with Crippen molar-refractivity contribution in [1.29, 1.82) is 0 Å². The third-order valence-electron chi connectivity index (χ3n) is 2.99. The summed E-state index contributed by atoms with van der Waals surface area (Å²) in [7, 11) is 1.94. The molecule has 0 heterocycles. The standard InChI is InChI=1S/C14H24N2O/c1-14(2,8-9-17)11-16-10-12-6-4-5-7-13(12)15-3/h4-7,15-17H,8-11H2,1-3H3. The smallest absolute Gasteiger partial charge is 0.0436 e. The second kappa shape index (κ2) is 6.62. The molecule has 0 aliphatic carbocycles. The highest BCUT2D eigenvalue weighted by molar-refractivity contribution is 5.50. The van der Waals surface area contributed by atoms with Crippen LogP contribution in [0.1, 0.15) is 25.8 Å². The van der Waals surface area contributed by atoms with Gasteiger partial charge in [-0.3, -0.25) is 0 Å². The highest BCUT2D eigenvalue weighted by Gasteiger charge is 2.16. The van der Waals surface area contributed by atoms with Crippen LogP contribution in [0.2, 0.25) is 0 Å². The van der Waals surface area contributed by atoms with Crippen molar-refractivity contribution in [3.8, 4) is 0 Å². The van der Waals surface area contributed by atoms with E-state index in [0.717, 1.165) is 19.5 Å². The number of nitrogens with one attached hydrogen (secondary N) is 2. The molecule has 3 nitrogen and oxygen atoms in total. The molecular formula is C14H24N2O. The molecule has 96 valence electrons. The van der Waals surface area contributed by atoms with Gasteiger partial charge in [0.05, 0.1) is 0 Å². The Morgan fingerprint density at radius 2 is 1.94 bits per heavy atom. The lowest BCUT2D eigenvalue weighted by Crippen LogP contribution is -2.30. The molecule has 0 aromatic heterocycles. The van der Waals surface area contributed by atoms with Gasteiger partial charge in [-0.1, -0.05) is 32.0 Å². The van der Waals surface area contributed by atoms with Crippen molar-refractivity contribution in [3.05, 3.63) is 29.8 Å². The number of anilines is 1. The Kier molecular flexibility index (Phi) is 5.45. The summed E-state index contributed by atoms with van der Waals surface area (Å²) in [6.07, 6.45) is 0.827. The van der Waals surface area contributed by atoms with Crippen LogP contribution in [0.5, 0.6) is 0 Å². The van der Waals surface area contributed by atoms with Gasteiger partial charge in [0.1, 0.15) is 0 Å². The largest absolute Gasteiger partial charge is 0.396 e. The minimum Gasteiger partial charge on any atom is -0.396 e. The number of hydrogen-bond donors (Lipinski definition) is 3. The number of para-hydroxylation sites is 1. The molecule has 0 fully saturated rings. The van der Waals surface area contributed by atoms with E-state index in [4.69, 9.17) is 5.11 Å². The molecule has 0 bridgehead atoms. The van der Waals surface area contributed by atoms with Gasteiger partial charge in [-0.15, -0.1) is 0 Å². The Bertz CT molecular complexity index is 337. The highest BCUT2D eigenvalue weighted by atomic mass is 16.3. The fourth-order valence-corrected chi connectivity index (χ4v) is 1.84. The first-order valence-corrected chi connectivity index (χ1v) is 6.16. The highest BCUT2D eigenvalue weighted by Crippen LogP contribution is 2.19. The molecule has 0 unspecified atom stereocenters. The topological polar surface area (TPSA) is 44.3 Å². The van der Waals surface area contributed by atoms with Crippen molar-refractivity contribution < 1.29 is 5.11 Å². The Labute approximate surface area is 104 Å². The molecule has 1 rings (SSSR count). The molecule has 17 heavy (non-hydrogen) atoms. The molecule has 0 aliphatic heterocycles. The lowest BCUT2D eigenvalue weighted by molar-refractivity contribution is 0.207. The van der Waals surface area contributed by atoms with Crippen LogP contribution in [0.25, 0.3) is 0 Å². The van der Waals surface area contributed by atoms with Crippen LogP contribution in [-0.4, -0.2) is 25.3 Å². The van der Waals surface area contributed by atoms with Crippen LogP contribution < -0.4 is 10.6 Å². The van der Waals surface area contributed by atoms with E-state index in [1.807, 2.05) is 13.1 Å². The molecule has 0 saturated carbocycles. The lowest BCUT2D eigenvalue weighted by atomic mass is 9.90. The molecule has 0 spiro atoms. The van der Waals surface area contributed by atoms with E-state index in [1.54, 1.807) is 0 Å². The van der Waals surface area contributed by atoms with Gasteiger partial charge in [0.2, 0.25) is 0 Å². The van der Waals surface area contributed by atoms with Crippen LogP contribution in [0.15, 0.2) is 24.3 Å². The molecular weight excluding hydrogens is 212 g/mol. The fourth-order valence-electron chi connectivity index (χ4n) is 1.84. The van der Waals surface area contributed by atoms with E-state index in [1.165, 1.54) is 11.3 Å². The molecule has 1 aromatic carbocycles. The SMILES string of the molecule is CNc1ccccc1CNCC(C)(C)CCO. The van der Waals surface area contributed by atoms with Crippen LogP contribution in [-0.2, 0) is 6.54 Å². The first-order chi connectivity index (χ1) is 8.09. The summed E-state index contributed by atoms with van der Waals surface area (Å²) in [5.41, 5.74) is 2.58. The summed E-state index contributed by atoms with van der Waals surface area (Å²) in [6, 6.07) is 8.29. The first kappa shape index (κ1) is 14.0. The van der Waals surface area contributed by atoms with Crippen LogP contribution >= 0.6 is 0 Å². The average Bonchev–Trinajstić information content (AvgIpc) is 2.29. The zero-order chi connectivity index (χ0) is 12.7. The second-order valence-corrected chi connectivity index (χ2v) is 5.15. The van der Waals surface area contributed by atoms with Crippen LogP contribution in [0, 0.1) is 5.41 Å². The van der Waals surface area contributed by atoms with Gasteiger partial charge < -0.3 is 15.7 Å². The minimum atomic E-state index is 0.142. The average molecular weight is 236 g/mol. The van der Waals surface area contributed by atoms with E-state index < -0.39 is 0 Å². The van der Waals surface area contributed by atoms with Gasteiger partial charge in [-0.25, -0.2) is 0 Å². The molecule has 0 aliphatic rings. The molecule has 0 radical (unpaired) electrons. The van der Waals surface area contributed by atoms with E-state index >= 15 is 0 Å². The predicted molar refractivity (Wildman–Crippen MR) is 73.2 cm³/mol. The Morgan fingerprint density at radius 1 is 1.24 bits per heavy atom. The summed E-state index contributed by atoms with van der Waals surface area (Å²) in [6.45, 7) is 6.35.